The molecule has 2 N–H and O–H groups in total. The summed E-state index contributed by atoms with van der Waals surface area (Å²) >= 11 is 0. The first-order chi connectivity index (χ1) is 16.7. The minimum Gasteiger partial charge on any atom is -0.487 e. The fraction of sp³-hybridized carbons (Fsp3) is 0.273. The van der Waals surface area contributed by atoms with Crippen LogP contribution < -0.4 is 15.2 Å². The van der Waals surface area contributed by atoms with Crippen LogP contribution in [0.2, 0.25) is 0 Å². The maximum absolute atomic E-state index is 15.0. The van der Waals surface area contributed by atoms with E-state index in [1.807, 2.05) is 0 Å². The van der Waals surface area contributed by atoms with Crippen LogP contribution in [0.25, 0.3) is 16.6 Å². The van der Waals surface area contributed by atoms with E-state index >= 15 is 4.39 Å². The number of pyridine rings is 1. The molecule has 4 aromatic rings. The van der Waals surface area contributed by atoms with Crippen LogP contribution >= 0.6 is 0 Å². The van der Waals surface area contributed by atoms with Crippen molar-refractivity contribution >= 4 is 28.3 Å². The number of nitrogen functional groups attached to an aromatic ring is 1. The van der Waals surface area contributed by atoms with Crippen molar-refractivity contribution in [2.24, 2.45) is 0 Å². The van der Waals surface area contributed by atoms with Gasteiger partial charge in [-0.2, -0.15) is 0 Å². The Morgan fingerprint density at radius 3 is 2.83 bits per heavy atom. The van der Waals surface area contributed by atoms with E-state index in [-0.39, 0.29) is 22.8 Å². The molecule has 0 radical (unpaired) electrons. The standard InChI is InChI=1S/C22H16F4N6O3/c23-11-4-10(35-22(24,25)26)5-17-18(11)19-16(34-17)2-1-3-31(19)21(33)12-6-14-13(7-29-12)30-20(27)15-8-28-9-32(14)15/h4-9,16,19H,1-3H2,(H2,27,30)/t16?,19-/m1/s1. The number of nitrogens with zero attached hydrogens (tertiary/aromatic N) is 5. The van der Waals surface area contributed by atoms with E-state index < -0.39 is 36.0 Å². The van der Waals surface area contributed by atoms with E-state index in [1.54, 1.807) is 16.7 Å². The number of anilines is 1. The highest BCUT2D eigenvalue weighted by molar-refractivity contribution is 5.96. The summed E-state index contributed by atoms with van der Waals surface area (Å²) in [5, 5.41) is 0. The van der Waals surface area contributed by atoms with Gasteiger partial charge in [0.1, 0.15) is 52.0 Å². The fourth-order valence-corrected chi connectivity index (χ4v) is 4.81. The number of aromatic nitrogens is 4. The number of benzene rings is 1. The second-order valence-corrected chi connectivity index (χ2v) is 8.31. The predicted molar refractivity (Wildman–Crippen MR) is 113 cm³/mol. The van der Waals surface area contributed by atoms with Crippen LogP contribution in [0.5, 0.6) is 11.5 Å². The molecule has 2 atom stereocenters. The number of fused-ring (bicyclic) bond motifs is 6. The predicted octanol–water partition coefficient (Wildman–Crippen LogP) is 3.64. The second-order valence-electron chi connectivity index (χ2n) is 8.31. The van der Waals surface area contributed by atoms with Crippen LogP contribution in [0.15, 0.2) is 36.9 Å². The van der Waals surface area contributed by atoms with Crippen LogP contribution in [0.1, 0.15) is 34.9 Å². The largest absolute Gasteiger partial charge is 0.573 e. The molecule has 180 valence electrons. The normalized spacial score (nSPS) is 19.5. The molecule has 0 aliphatic carbocycles. The Morgan fingerprint density at radius 2 is 2.03 bits per heavy atom. The van der Waals surface area contributed by atoms with Crippen molar-refractivity contribution in [3.05, 3.63) is 54.0 Å². The van der Waals surface area contributed by atoms with Gasteiger partial charge >= 0.3 is 6.36 Å². The Hall–Kier alpha value is -4.16. The number of amides is 1. The topological polar surface area (TPSA) is 108 Å². The molecular formula is C22H16F4N6O3. The Balaban J connectivity index is 1.39. The molecule has 1 fully saturated rings. The highest BCUT2D eigenvalue weighted by Crippen LogP contribution is 2.48. The molecular weight excluding hydrogens is 472 g/mol. The first-order valence-electron chi connectivity index (χ1n) is 10.6. The number of piperidine rings is 1. The van der Waals surface area contributed by atoms with Crippen LogP contribution in [0.4, 0.5) is 23.4 Å². The van der Waals surface area contributed by atoms with Gasteiger partial charge in [-0.15, -0.1) is 13.2 Å². The summed E-state index contributed by atoms with van der Waals surface area (Å²) < 4.78 is 64.2. The lowest BCUT2D eigenvalue weighted by Gasteiger charge is -2.36. The molecule has 1 amide bonds. The molecule has 6 rings (SSSR count). The van der Waals surface area contributed by atoms with Gasteiger partial charge in [-0.1, -0.05) is 0 Å². The number of ether oxygens (including phenoxy) is 2. The molecule has 0 spiro atoms. The summed E-state index contributed by atoms with van der Waals surface area (Å²) in [6, 6.07) is 2.37. The molecule has 35 heavy (non-hydrogen) atoms. The molecule has 3 aromatic heterocycles. The zero-order chi connectivity index (χ0) is 24.5. The zero-order valence-corrected chi connectivity index (χ0v) is 17.8. The third-order valence-electron chi connectivity index (χ3n) is 6.19. The monoisotopic (exact) mass is 488 g/mol. The van der Waals surface area contributed by atoms with Gasteiger partial charge in [-0.05, 0) is 18.9 Å². The number of rotatable bonds is 2. The lowest BCUT2D eigenvalue weighted by molar-refractivity contribution is -0.274. The van der Waals surface area contributed by atoms with E-state index in [4.69, 9.17) is 10.5 Å². The number of likely N-dealkylation sites (tertiary alicyclic amines) is 1. The third kappa shape index (κ3) is 3.45. The van der Waals surface area contributed by atoms with Gasteiger partial charge < -0.3 is 20.1 Å². The van der Waals surface area contributed by atoms with Gasteiger partial charge in [0.05, 0.1) is 29.8 Å². The minimum absolute atomic E-state index is 0.0183. The molecule has 1 aromatic carbocycles. The van der Waals surface area contributed by atoms with Crippen LogP contribution in [0, 0.1) is 5.82 Å². The highest BCUT2D eigenvalue weighted by atomic mass is 19.4. The molecule has 13 heteroatoms. The molecule has 0 saturated carbocycles. The molecule has 9 nitrogen and oxygen atoms in total. The molecule has 1 unspecified atom stereocenters. The number of halogens is 4. The number of carbonyl (C=O) groups excluding carboxylic acids is 1. The first kappa shape index (κ1) is 21.4. The van der Waals surface area contributed by atoms with Crippen molar-refractivity contribution in [2.45, 2.75) is 31.3 Å². The maximum Gasteiger partial charge on any atom is 0.573 e. The molecule has 1 saturated heterocycles. The number of imidazole rings is 1. The quantitative estimate of drug-likeness (QED) is 0.429. The van der Waals surface area contributed by atoms with Gasteiger partial charge in [0, 0.05) is 18.7 Å². The van der Waals surface area contributed by atoms with Gasteiger partial charge in [-0.25, -0.2) is 19.3 Å². The smallest absolute Gasteiger partial charge is 0.487 e. The van der Waals surface area contributed by atoms with Gasteiger partial charge in [0.15, 0.2) is 0 Å². The van der Waals surface area contributed by atoms with E-state index in [2.05, 4.69) is 19.7 Å². The van der Waals surface area contributed by atoms with Crippen molar-refractivity contribution in [1.82, 2.24) is 24.3 Å². The van der Waals surface area contributed by atoms with E-state index in [0.29, 0.717) is 42.0 Å². The summed E-state index contributed by atoms with van der Waals surface area (Å²) in [7, 11) is 0. The summed E-state index contributed by atoms with van der Waals surface area (Å²) in [5.74, 6) is -1.96. The summed E-state index contributed by atoms with van der Waals surface area (Å²) in [5.41, 5.74) is 7.64. The van der Waals surface area contributed by atoms with E-state index in [9.17, 15) is 18.0 Å². The van der Waals surface area contributed by atoms with Crippen molar-refractivity contribution in [3.63, 3.8) is 0 Å². The summed E-state index contributed by atoms with van der Waals surface area (Å²) in [6.45, 7) is 0.295. The Kier molecular flexibility index (Phi) is 4.53. The van der Waals surface area contributed by atoms with E-state index in [1.165, 1.54) is 17.4 Å². The fourth-order valence-electron chi connectivity index (χ4n) is 4.81. The first-order valence-corrected chi connectivity index (χ1v) is 10.6. The second kappa shape index (κ2) is 7.42. The van der Waals surface area contributed by atoms with Gasteiger partial charge in [0.25, 0.3) is 5.91 Å². The summed E-state index contributed by atoms with van der Waals surface area (Å²) in [6.07, 6.45) is -0.0200. The average molecular weight is 488 g/mol. The van der Waals surface area contributed by atoms with Crippen molar-refractivity contribution < 1.29 is 31.8 Å². The summed E-state index contributed by atoms with van der Waals surface area (Å²) in [4.78, 5) is 27.6. The number of hydrogen-bond donors (Lipinski definition) is 1. The van der Waals surface area contributed by atoms with Gasteiger partial charge in [-0.3, -0.25) is 9.20 Å². The third-order valence-corrected chi connectivity index (χ3v) is 6.19. The van der Waals surface area contributed by atoms with Crippen LogP contribution in [-0.4, -0.2) is 49.2 Å². The molecule has 0 bridgehead atoms. The molecule has 2 aliphatic rings. The van der Waals surface area contributed by atoms with Crippen LogP contribution in [-0.2, 0) is 0 Å². The Bertz CT molecular complexity index is 1500. The van der Waals surface area contributed by atoms with Gasteiger partial charge in [0.2, 0.25) is 0 Å². The van der Waals surface area contributed by atoms with Crippen LogP contribution in [0.3, 0.4) is 0 Å². The number of alkyl halides is 3. The molecule has 5 heterocycles. The Labute approximate surface area is 194 Å². The van der Waals surface area contributed by atoms with Crippen molar-refractivity contribution in [2.75, 3.05) is 12.3 Å². The lowest BCUT2D eigenvalue weighted by atomic mass is 9.93. The maximum atomic E-state index is 15.0. The SMILES string of the molecule is Nc1nc2cnc(C(=O)N3CCCC4Oc5cc(OC(F)(F)F)cc(F)c5[C@@H]43)cc2n2cncc12. The van der Waals surface area contributed by atoms with Crippen molar-refractivity contribution in [1.29, 1.82) is 0 Å². The highest BCUT2D eigenvalue weighted by Gasteiger charge is 2.46. The number of carbonyl (C=O) groups is 1. The van der Waals surface area contributed by atoms with Crippen molar-refractivity contribution in [3.8, 4) is 11.5 Å². The average Bonchev–Trinajstić information content (AvgIpc) is 3.43. The van der Waals surface area contributed by atoms with E-state index in [0.717, 1.165) is 6.07 Å². The number of nitrogens with two attached hydrogens (primary N) is 1. The Morgan fingerprint density at radius 1 is 1.20 bits per heavy atom. The lowest BCUT2D eigenvalue weighted by Crippen LogP contribution is -2.45. The number of hydrogen-bond acceptors (Lipinski definition) is 7. The minimum atomic E-state index is -4.98. The zero-order valence-electron chi connectivity index (χ0n) is 17.8. The molecule has 2 aliphatic heterocycles.